The number of methoxy groups -OCH3 is 2. The van der Waals surface area contributed by atoms with Gasteiger partial charge in [0.15, 0.2) is 0 Å². The number of ether oxygens (including phenoxy) is 2. The van der Waals surface area contributed by atoms with Gasteiger partial charge in [0.05, 0.1) is 24.8 Å². The third kappa shape index (κ3) is 3.85. The number of hydrogen-bond acceptors (Lipinski definition) is 6. The lowest BCUT2D eigenvalue weighted by Gasteiger charge is -2.25. The first-order valence-electron chi connectivity index (χ1n) is 10.5. The van der Waals surface area contributed by atoms with Crippen LogP contribution in [0.2, 0.25) is 5.02 Å². The second-order valence-corrected chi connectivity index (χ2v) is 9.45. The zero-order valence-corrected chi connectivity index (χ0v) is 21.0. The number of hydrogen-bond donors (Lipinski definition) is 1. The first kappa shape index (κ1) is 23.9. The maximum Gasteiger partial charge on any atom is 0.300 e. The predicted octanol–water partition coefficient (Wildman–Crippen LogP) is 5.97. The van der Waals surface area contributed by atoms with Crippen LogP contribution in [0.1, 0.15) is 33.2 Å². The van der Waals surface area contributed by atoms with Crippen LogP contribution in [0.3, 0.4) is 0 Å². The van der Waals surface area contributed by atoms with Crippen molar-refractivity contribution >= 4 is 46.1 Å². The zero-order valence-electron chi connectivity index (χ0n) is 19.4. The molecule has 176 valence electrons. The van der Waals surface area contributed by atoms with Crippen molar-refractivity contribution in [1.29, 1.82) is 0 Å². The molecule has 1 atom stereocenters. The molecule has 34 heavy (non-hydrogen) atoms. The molecule has 1 unspecified atom stereocenters. The number of amides is 1. The Bertz CT molecular complexity index is 1340. The molecule has 2 aromatic carbocycles. The maximum absolute atomic E-state index is 13.4. The number of ketones is 1. The van der Waals surface area contributed by atoms with Crippen LogP contribution < -0.4 is 14.4 Å². The Balaban J connectivity index is 1.97. The van der Waals surface area contributed by atoms with Gasteiger partial charge in [-0.15, -0.1) is 11.3 Å². The monoisotopic (exact) mass is 497 g/mol. The fraction of sp³-hybridized carbons (Fsp3) is 0.231. The molecule has 0 radical (unpaired) electrons. The van der Waals surface area contributed by atoms with E-state index in [1.165, 1.54) is 23.3 Å². The van der Waals surface area contributed by atoms with Gasteiger partial charge in [-0.2, -0.15) is 0 Å². The summed E-state index contributed by atoms with van der Waals surface area (Å²) in [7, 11) is 3.08. The van der Waals surface area contributed by atoms with Crippen LogP contribution in [0.15, 0.2) is 47.4 Å². The van der Waals surface area contributed by atoms with E-state index in [0.717, 1.165) is 21.6 Å². The summed E-state index contributed by atoms with van der Waals surface area (Å²) < 4.78 is 10.6. The number of aliphatic hydroxyl groups is 1. The Hall–Kier alpha value is -3.29. The third-order valence-electron chi connectivity index (χ3n) is 6.01. The van der Waals surface area contributed by atoms with E-state index in [2.05, 4.69) is 0 Å². The number of carbonyl (C=O) groups excluding carboxylic acids is 2. The van der Waals surface area contributed by atoms with Gasteiger partial charge in [-0.05, 0) is 79.2 Å². The number of anilines is 1. The van der Waals surface area contributed by atoms with Gasteiger partial charge in [-0.3, -0.25) is 14.5 Å². The normalized spacial score (nSPS) is 17.4. The van der Waals surface area contributed by atoms with Crippen molar-refractivity contribution in [2.24, 2.45) is 0 Å². The van der Waals surface area contributed by atoms with Crippen molar-refractivity contribution in [3.63, 3.8) is 0 Å². The number of carbonyl (C=O) groups is 2. The number of Topliss-reactive ketones (excluding diaryl/α,β-unsaturated/α-hetero) is 1. The van der Waals surface area contributed by atoms with Gasteiger partial charge in [0.2, 0.25) is 0 Å². The topological polar surface area (TPSA) is 76.1 Å². The van der Waals surface area contributed by atoms with Gasteiger partial charge < -0.3 is 14.6 Å². The van der Waals surface area contributed by atoms with Gasteiger partial charge in [0.1, 0.15) is 23.3 Å². The highest BCUT2D eigenvalue weighted by molar-refractivity contribution is 7.10. The van der Waals surface area contributed by atoms with Gasteiger partial charge in [0.25, 0.3) is 11.7 Å². The Kier molecular flexibility index (Phi) is 6.43. The largest absolute Gasteiger partial charge is 0.507 e. The van der Waals surface area contributed by atoms with Crippen LogP contribution in [0.25, 0.3) is 5.76 Å². The quantitative estimate of drug-likeness (QED) is 0.267. The van der Waals surface area contributed by atoms with Gasteiger partial charge in [-0.1, -0.05) is 11.6 Å². The first-order chi connectivity index (χ1) is 16.2. The van der Waals surface area contributed by atoms with Crippen molar-refractivity contribution in [3.05, 3.63) is 79.5 Å². The molecule has 2 heterocycles. The molecule has 1 saturated heterocycles. The Morgan fingerprint density at radius 3 is 2.26 bits per heavy atom. The van der Waals surface area contributed by atoms with Gasteiger partial charge >= 0.3 is 0 Å². The number of nitrogens with zero attached hydrogens (tertiary/aromatic N) is 1. The molecule has 0 bridgehead atoms. The van der Waals surface area contributed by atoms with E-state index in [-0.39, 0.29) is 11.3 Å². The van der Waals surface area contributed by atoms with Crippen molar-refractivity contribution in [3.8, 4) is 11.5 Å². The van der Waals surface area contributed by atoms with Crippen molar-refractivity contribution in [1.82, 2.24) is 0 Å². The third-order valence-corrected chi connectivity index (χ3v) is 7.37. The maximum atomic E-state index is 13.4. The minimum absolute atomic E-state index is 0.0372. The molecule has 0 spiro atoms. The molecule has 8 heteroatoms. The van der Waals surface area contributed by atoms with Crippen LogP contribution in [0.5, 0.6) is 11.5 Å². The number of rotatable bonds is 5. The summed E-state index contributed by atoms with van der Waals surface area (Å²) in [6.45, 7) is 5.59. The molecule has 3 aromatic rings. The molecule has 1 fully saturated rings. The summed E-state index contributed by atoms with van der Waals surface area (Å²) in [5.41, 5.74) is 3.39. The van der Waals surface area contributed by atoms with E-state index >= 15 is 0 Å². The number of halogens is 1. The fourth-order valence-corrected chi connectivity index (χ4v) is 5.50. The molecule has 1 aliphatic heterocycles. The predicted molar refractivity (Wildman–Crippen MR) is 134 cm³/mol. The summed E-state index contributed by atoms with van der Waals surface area (Å²) >= 11 is 7.76. The lowest BCUT2D eigenvalue weighted by atomic mass is 9.95. The molecular formula is C26H24ClNO5S. The van der Waals surface area contributed by atoms with E-state index in [1.54, 1.807) is 37.4 Å². The standard InChI is InChI=1S/C26H24ClNO5S/c1-13-8-9-34-25(13)22-21(23(29)17-10-15(3)20(33-5)11-14(17)2)24(30)26(31)28(22)16-6-7-19(32-4)18(27)12-16/h6-12,22,29H,1-5H3/b23-21+. The SMILES string of the molecule is COc1cc(C)c(/C(O)=C2\C(=O)C(=O)N(c3ccc(OC)c(Cl)c3)C2c2sccc2C)cc1C. The summed E-state index contributed by atoms with van der Waals surface area (Å²) in [4.78, 5) is 28.9. The molecule has 4 rings (SSSR count). The average Bonchev–Trinajstić information content (AvgIpc) is 3.34. The minimum atomic E-state index is -0.800. The highest BCUT2D eigenvalue weighted by atomic mass is 35.5. The second kappa shape index (κ2) is 9.16. The first-order valence-corrected chi connectivity index (χ1v) is 11.8. The molecule has 0 aliphatic carbocycles. The van der Waals surface area contributed by atoms with Crippen LogP contribution in [-0.4, -0.2) is 31.0 Å². The highest BCUT2D eigenvalue weighted by Gasteiger charge is 2.48. The number of benzene rings is 2. The van der Waals surface area contributed by atoms with Crippen LogP contribution in [-0.2, 0) is 9.59 Å². The van der Waals surface area contributed by atoms with E-state index in [9.17, 15) is 14.7 Å². The Morgan fingerprint density at radius 1 is 0.971 bits per heavy atom. The van der Waals surface area contributed by atoms with Crippen molar-refractivity contribution in [2.45, 2.75) is 26.8 Å². The Morgan fingerprint density at radius 2 is 1.68 bits per heavy atom. The molecule has 1 N–H and O–H groups in total. The second-order valence-electron chi connectivity index (χ2n) is 8.09. The summed E-state index contributed by atoms with van der Waals surface area (Å²) in [5, 5.41) is 13.6. The minimum Gasteiger partial charge on any atom is -0.507 e. The summed E-state index contributed by atoms with van der Waals surface area (Å²) in [5.74, 6) is -0.580. The van der Waals surface area contributed by atoms with Crippen LogP contribution >= 0.6 is 22.9 Å². The molecule has 1 aliphatic rings. The summed E-state index contributed by atoms with van der Waals surface area (Å²) in [6.07, 6.45) is 0. The molecule has 6 nitrogen and oxygen atoms in total. The molecule has 0 saturated carbocycles. The summed E-state index contributed by atoms with van der Waals surface area (Å²) in [6, 6.07) is 9.59. The van der Waals surface area contributed by atoms with Crippen molar-refractivity contribution < 1.29 is 24.2 Å². The van der Waals surface area contributed by atoms with E-state index < -0.39 is 17.7 Å². The highest BCUT2D eigenvalue weighted by Crippen LogP contribution is 2.46. The molecule has 1 aromatic heterocycles. The lowest BCUT2D eigenvalue weighted by Crippen LogP contribution is -2.29. The van der Waals surface area contributed by atoms with E-state index in [4.69, 9.17) is 21.1 Å². The zero-order chi connectivity index (χ0) is 24.7. The number of aliphatic hydroxyl groups excluding tert-OH is 1. The fourth-order valence-electron chi connectivity index (χ4n) is 4.23. The van der Waals surface area contributed by atoms with Gasteiger partial charge in [0, 0.05) is 16.1 Å². The molecule has 1 amide bonds. The van der Waals surface area contributed by atoms with E-state index in [1.807, 2.05) is 32.2 Å². The average molecular weight is 498 g/mol. The van der Waals surface area contributed by atoms with Crippen LogP contribution in [0, 0.1) is 20.8 Å². The number of thiophene rings is 1. The van der Waals surface area contributed by atoms with Crippen LogP contribution in [0.4, 0.5) is 5.69 Å². The lowest BCUT2D eigenvalue weighted by molar-refractivity contribution is -0.132. The number of aryl methyl sites for hydroxylation is 3. The van der Waals surface area contributed by atoms with E-state index in [0.29, 0.717) is 27.8 Å². The van der Waals surface area contributed by atoms with Crippen molar-refractivity contribution in [2.75, 3.05) is 19.1 Å². The molecular weight excluding hydrogens is 474 g/mol. The van der Waals surface area contributed by atoms with Gasteiger partial charge in [-0.25, -0.2) is 0 Å². The Labute approximate surface area is 207 Å². The smallest absolute Gasteiger partial charge is 0.300 e.